The van der Waals surface area contributed by atoms with Crippen molar-refractivity contribution in [1.29, 1.82) is 0 Å². The molecule has 0 nitrogen and oxygen atoms in total. The first-order chi connectivity index (χ1) is 12.6. The molecule has 2 unspecified atom stereocenters. The van der Waals surface area contributed by atoms with Crippen molar-refractivity contribution in [1.82, 2.24) is 0 Å². The largest absolute Gasteiger partial charge is 0.0985 e. The minimum atomic E-state index is 0.330. The van der Waals surface area contributed by atoms with Gasteiger partial charge in [0.15, 0.2) is 0 Å². The molecule has 0 saturated carbocycles. The van der Waals surface area contributed by atoms with E-state index in [1.807, 2.05) is 12.2 Å². The normalized spacial score (nSPS) is 13.0. The van der Waals surface area contributed by atoms with Crippen LogP contribution < -0.4 is 0 Å². The van der Waals surface area contributed by atoms with Gasteiger partial charge < -0.3 is 0 Å². The second-order valence-electron chi connectivity index (χ2n) is 6.82. The van der Waals surface area contributed by atoms with Crippen LogP contribution in [0.25, 0.3) is 12.2 Å². The first kappa shape index (κ1) is 17.9. The van der Waals surface area contributed by atoms with E-state index in [-0.39, 0.29) is 0 Å². The SMILES string of the molecule is C=Cc1cccc(C(C)c2ccccc2C(C)c2cccc(C=C)c2)c1. The highest BCUT2D eigenvalue weighted by Gasteiger charge is 2.18. The fraction of sp³-hybridized carbons (Fsp3) is 0.154. The number of hydrogen-bond donors (Lipinski definition) is 0. The van der Waals surface area contributed by atoms with Gasteiger partial charge in [-0.25, -0.2) is 0 Å². The Balaban J connectivity index is 2.01. The van der Waals surface area contributed by atoms with Gasteiger partial charge in [0.05, 0.1) is 0 Å². The Bertz CT molecular complexity index is 840. The van der Waals surface area contributed by atoms with Gasteiger partial charge in [-0.15, -0.1) is 0 Å². The fourth-order valence-electron chi connectivity index (χ4n) is 3.57. The predicted octanol–water partition coefficient (Wildman–Crippen LogP) is 7.28. The van der Waals surface area contributed by atoms with Crippen LogP contribution in [0.5, 0.6) is 0 Å². The first-order valence-corrected chi connectivity index (χ1v) is 9.17. The summed E-state index contributed by atoms with van der Waals surface area (Å²) in [4.78, 5) is 0. The quantitative estimate of drug-likeness (QED) is 0.443. The zero-order chi connectivity index (χ0) is 18.5. The van der Waals surface area contributed by atoms with Crippen LogP contribution in [-0.2, 0) is 0 Å². The van der Waals surface area contributed by atoms with Crippen molar-refractivity contribution >= 4 is 12.2 Å². The lowest BCUT2D eigenvalue weighted by Crippen LogP contribution is -2.05. The first-order valence-electron chi connectivity index (χ1n) is 9.17. The van der Waals surface area contributed by atoms with Gasteiger partial charge in [0.2, 0.25) is 0 Å². The third-order valence-electron chi connectivity index (χ3n) is 5.22. The molecule has 0 heteroatoms. The van der Waals surface area contributed by atoms with Gasteiger partial charge in [-0.2, -0.15) is 0 Å². The standard InChI is InChI=1S/C26H26/c1-5-21-11-9-13-23(17-21)19(3)25-15-7-8-16-26(25)20(4)24-14-10-12-22(6-2)18-24/h5-20H,1-2H2,3-4H3. The molecule has 0 radical (unpaired) electrons. The Hall–Kier alpha value is -2.86. The van der Waals surface area contributed by atoms with E-state index in [0.29, 0.717) is 11.8 Å². The molecule has 0 heterocycles. The van der Waals surface area contributed by atoms with Crippen LogP contribution in [0.1, 0.15) is 59.1 Å². The van der Waals surface area contributed by atoms with E-state index in [1.165, 1.54) is 33.4 Å². The molecule has 130 valence electrons. The summed E-state index contributed by atoms with van der Waals surface area (Å²) in [6.07, 6.45) is 3.82. The minimum absolute atomic E-state index is 0.330. The summed E-state index contributed by atoms with van der Waals surface area (Å²) in [5.74, 6) is 0.660. The van der Waals surface area contributed by atoms with Gasteiger partial charge in [-0.1, -0.05) is 112 Å². The lowest BCUT2D eigenvalue weighted by molar-refractivity contribution is 0.842. The van der Waals surface area contributed by atoms with Crippen LogP contribution in [0.15, 0.2) is 86.0 Å². The number of benzene rings is 3. The second-order valence-corrected chi connectivity index (χ2v) is 6.82. The summed E-state index contributed by atoms with van der Waals surface area (Å²) in [5.41, 5.74) is 7.73. The Labute approximate surface area is 157 Å². The van der Waals surface area contributed by atoms with Gasteiger partial charge in [-0.05, 0) is 33.4 Å². The van der Waals surface area contributed by atoms with Gasteiger partial charge in [0.25, 0.3) is 0 Å². The van der Waals surface area contributed by atoms with Crippen LogP contribution >= 0.6 is 0 Å². The molecule has 0 aromatic heterocycles. The summed E-state index contributed by atoms with van der Waals surface area (Å²) < 4.78 is 0. The summed E-state index contributed by atoms with van der Waals surface area (Å²) in [5, 5.41) is 0. The van der Waals surface area contributed by atoms with E-state index in [4.69, 9.17) is 0 Å². The lowest BCUT2D eigenvalue weighted by Gasteiger charge is -2.22. The van der Waals surface area contributed by atoms with E-state index in [2.05, 4.69) is 99.8 Å². The highest BCUT2D eigenvalue weighted by molar-refractivity contribution is 5.52. The van der Waals surface area contributed by atoms with Crippen molar-refractivity contribution in [2.45, 2.75) is 25.7 Å². The van der Waals surface area contributed by atoms with E-state index in [1.54, 1.807) is 0 Å². The zero-order valence-electron chi connectivity index (χ0n) is 15.7. The van der Waals surface area contributed by atoms with Gasteiger partial charge in [0, 0.05) is 11.8 Å². The van der Waals surface area contributed by atoms with Gasteiger partial charge in [0.1, 0.15) is 0 Å². The Morgan fingerprint density at radius 1 is 0.615 bits per heavy atom. The summed E-state index contributed by atoms with van der Waals surface area (Å²) in [7, 11) is 0. The third kappa shape index (κ3) is 3.70. The van der Waals surface area contributed by atoms with Gasteiger partial charge >= 0.3 is 0 Å². The molecular formula is C26H26. The van der Waals surface area contributed by atoms with Crippen molar-refractivity contribution in [2.75, 3.05) is 0 Å². The molecule has 0 spiro atoms. The van der Waals surface area contributed by atoms with Crippen molar-refractivity contribution in [3.63, 3.8) is 0 Å². The molecular weight excluding hydrogens is 312 g/mol. The smallest absolute Gasteiger partial charge is 0.00641 e. The molecule has 0 bridgehead atoms. The highest BCUT2D eigenvalue weighted by Crippen LogP contribution is 2.34. The van der Waals surface area contributed by atoms with E-state index in [9.17, 15) is 0 Å². The second kappa shape index (κ2) is 8.01. The molecule has 26 heavy (non-hydrogen) atoms. The maximum absolute atomic E-state index is 3.90. The monoisotopic (exact) mass is 338 g/mol. The predicted molar refractivity (Wildman–Crippen MR) is 115 cm³/mol. The van der Waals surface area contributed by atoms with Crippen LogP contribution in [0.3, 0.4) is 0 Å². The zero-order valence-corrected chi connectivity index (χ0v) is 15.7. The molecule has 3 aromatic carbocycles. The Morgan fingerprint density at radius 3 is 1.42 bits per heavy atom. The third-order valence-corrected chi connectivity index (χ3v) is 5.22. The molecule has 3 aromatic rings. The van der Waals surface area contributed by atoms with E-state index < -0.39 is 0 Å². The molecule has 3 rings (SSSR count). The molecule has 0 N–H and O–H groups in total. The van der Waals surface area contributed by atoms with Crippen molar-refractivity contribution in [2.24, 2.45) is 0 Å². The maximum atomic E-state index is 3.90. The van der Waals surface area contributed by atoms with Crippen molar-refractivity contribution in [3.8, 4) is 0 Å². The molecule has 0 saturated heterocycles. The molecule has 0 aliphatic carbocycles. The maximum Gasteiger partial charge on any atom is 0.00641 e. The van der Waals surface area contributed by atoms with Crippen LogP contribution in [-0.4, -0.2) is 0 Å². The molecule has 0 aliphatic heterocycles. The van der Waals surface area contributed by atoms with E-state index in [0.717, 1.165) is 0 Å². The van der Waals surface area contributed by atoms with Gasteiger partial charge in [-0.3, -0.25) is 0 Å². The average Bonchev–Trinajstić information content (AvgIpc) is 2.72. The van der Waals surface area contributed by atoms with Crippen molar-refractivity contribution < 1.29 is 0 Å². The van der Waals surface area contributed by atoms with Crippen LogP contribution in [0, 0.1) is 0 Å². The highest BCUT2D eigenvalue weighted by atomic mass is 14.2. The van der Waals surface area contributed by atoms with Crippen LogP contribution in [0.2, 0.25) is 0 Å². The number of hydrogen-bond acceptors (Lipinski definition) is 0. The summed E-state index contributed by atoms with van der Waals surface area (Å²) >= 11 is 0. The summed E-state index contributed by atoms with van der Waals surface area (Å²) in [6, 6.07) is 26.1. The van der Waals surface area contributed by atoms with E-state index >= 15 is 0 Å². The Morgan fingerprint density at radius 2 is 1.04 bits per heavy atom. The molecule has 0 fully saturated rings. The Kier molecular flexibility index (Phi) is 5.53. The lowest BCUT2D eigenvalue weighted by atomic mass is 9.82. The fourth-order valence-corrected chi connectivity index (χ4v) is 3.57. The topological polar surface area (TPSA) is 0 Å². The van der Waals surface area contributed by atoms with Crippen LogP contribution in [0.4, 0.5) is 0 Å². The molecule has 2 atom stereocenters. The summed E-state index contributed by atoms with van der Waals surface area (Å²) in [6.45, 7) is 12.4. The number of rotatable bonds is 6. The molecule has 0 amide bonds. The minimum Gasteiger partial charge on any atom is -0.0985 e. The average molecular weight is 338 g/mol. The van der Waals surface area contributed by atoms with Crippen molar-refractivity contribution in [3.05, 3.63) is 119 Å². The molecule has 0 aliphatic rings.